The number of fused-ring (bicyclic) bond motifs is 1. The fourth-order valence-corrected chi connectivity index (χ4v) is 3.48. The zero-order chi connectivity index (χ0) is 14.8. The Balaban J connectivity index is 1.92. The summed E-state index contributed by atoms with van der Waals surface area (Å²) in [5, 5.41) is 10.2. The molecular weight excluding hydrogens is 326 g/mol. The van der Waals surface area contributed by atoms with Gasteiger partial charge in [0.2, 0.25) is 0 Å². The summed E-state index contributed by atoms with van der Waals surface area (Å²) in [5.74, 6) is 0.535. The van der Waals surface area contributed by atoms with Crippen LogP contribution in [0.5, 0.6) is 5.75 Å². The van der Waals surface area contributed by atoms with E-state index in [1.54, 1.807) is 6.07 Å². The van der Waals surface area contributed by atoms with Crippen LogP contribution in [0.4, 0.5) is 0 Å². The summed E-state index contributed by atoms with van der Waals surface area (Å²) in [4.78, 5) is 2.40. The Morgan fingerprint density at radius 2 is 2.00 bits per heavy atom. The molecule has 1 heterocycles. The molecule has 0 spiro atoms. The van der Waals surface area contributed by atoms with Gasteiger partial charge in [-0.2, -0.15) is 0 Å². The minimum atomic E-state index is 0.162. The van der Waals surface area contributed by atoms with Crippen LogP contribution in [0.15, 0.2) is 59.6 Å². The van der Waals surface area contributed by atoms with Gasteiger partial charge in [-0.1, -0.05) is 52.3 Å². The Bertz CT molecular complexity index is 654. The highest BCUT2D eigenvalue weighted by molar-refractivity contribution is 9.10. The predicted molar refractivity (Wildman–Crippen MR) is 89.3 cm³/mol. The van der Waals surface area contributed by atoms with Gasteiger partial charge in [0.15, 0.2) is 0 Å². The molecule has 0 saturated heterocycles. The topological polar surface area (TPSA) is 23.5 Å². The lowest BCUT2D eigenvalue weighted by molar-refractivity contribution is 0.231. The lowest BCUT2D eigenvalue weighted by atomic mass is 9.88. The van der Waals surface area contributed by atoms with Crippen LogP contribution in [-0.4, -0.2) is 16.6 Å². The number of nitrogens with zero attached hydrogens (tertiary/aromatic N) is 1. The molecule has 2 aromatic carbocycles. The van der Waals surface area contributed by atoms with Crippen molar-refractivity contribution in [3.63, 3.8) is 0 Å². The molecule has 0 amide bonds. The summed E-state index contributed by atoms with van der Waals surface area (Å²) in [6, 6.07) is 14.1. The van der Waals surface area contributed by atoms with Crippen LogP contribution in [0.3, 0.4) is 0 Å². The summed E-state index contributed by atoms with van der Waals surface area (Å²) in [6.45, 7) is 6.57. The van der Waals surface area contributed by atoms with Crippen LogP contribution in [0, 0.1) is 0 Å². The summed E-state index contributed by atoms with van der Waals surface area (Å²) < 4.78 is 1.06. The van der Waals surface area contributed by atoms with Crippen molar-refractivity contribution in [2.24, 2.45) is 0 Å². The van der Waals surface area contributed by atoms with E-state index in [4.69, 9.17) is 0 Å². The molecule has 0 bridgehead atoms. The van der Waals surface area contributed by atoms with E-state index in [0.29, 0.717) is 5.75 Å². The predicted octanol–water partition coefficient (Wildman–Crippen LogP) is 4.44. The molecule has 3 heteroatoms. The minimum absolute atomic E-state index is 0.162. The molecule has 1 aliphatic heterocycles. The van der Waals surface area contributed by atoms with Gasteiger partial charge >= 0.3 is 0 Å². The molecular formula is C18H18BrNO. The monoisotopic (exact) mass is 343 g/mol. The average Bonchev–Trinajstić information content (AvgIpc) is 2.51. The Morgan fingerprint density at radius 3 is 2.71 bits per heavy atom. The van der Waals surface area contributed by atoms with Crippen molar-refractivity contribution >= 4 is 15.9 Å². The fraction of sp³-hybridized carbons (Fsp3) is 0.222. The highest BCUT2D eigenvalue weighted by atomic mass is 79.9. The number of rotatable bonds is 3. The SMILES string of the molecule is C=C[C@H]1CN(Cc2ccccc2)Cc2c(Br)ccc(O)c21. The molecule has 2 nitrogen and oxygen atoms in total. The zero-order valence-electron chi connectivity index (χ0n) is 11.8. The maximum absolute atomic E-state index is 10.2. The third-order valence-electron chi connectivity index (χ3n) is 4.02. The van der Waals surface area contributed by atoms with Gasteiger partial charge in [0.25, 0.3) is 0 Å². The van der Waals surface area contributed by atoms with Crippen molar-refractivity contribution in [3.8, 4) is 5.75 Å². The van der Waals surface area contributed by atoms with Crippen molar-refractivity contribution in [2.75, 3.05) is 6.54 Å². The first-order valence-electron chi connectivity index (χ1n) is 7.08. The van der Waals surface area contributed by atoms with E-state index in [0.717, 1.165) is 29.7 Å². The normalized spacial score (nSPS) is 18.2. The molecule has 0 unspecified atom stereocenters. The summed E-state index contributed by atoms with van der Waals surface area (Å²) in [7, 11) is 0. The van der Waals surface area contributed by atoms with Gasteiger partial charge in [0.1, 0.15) is 5.75 Å². The van der Waals surface area contributed by atoms with E-state index < -0.39 is 0 Å². The van der Waals surface area contributed by atoms with Gasteiger partial charge in [0.05, 0.1) is 0 Å². The lowest BCUT2D eigenvalue weighted by Crippen LogP contribution is -2.32. The second-order valence-corrected chi connectivity index (χ2v) is 6.31. The van der Waals surface area contributed by atoms with Crippen LogP contribution in [0.2, 0.25) is 0 Å². The summed E-state index contributed by atoms with van der Waals surface area (Å²) in [5.41, 5.74) is 3.49. The molecule has 0 aromatic heterocycles. The fourth-order valence-electron chi connectivity index (χ4n) is 3.01. The third kappa shape index (κ3) is 2.89. The van der Waals surface area contributed by atoms with Gasteiger partial charge in [0, 0.05) is 35.6 Å². The van der Waals surface area contributed by atoms with E-state index in [9.17, 15) is 5.11 Å². The van der Waals surface area contributed by atoms with Crippen LogP contribution in [0.1, 0.15) is 22.6 Å². The molecule has 0 saturated carbocycles. The van der Waals surface area contributed by atoms with E-state index in [-0.39, 0.29) is 5.92 Å². The first kappa shape index (κ1) is 14.4. The van der Waals surface area contributed by atoms with Gasteiger partial charge in [-0.25, -0.2) is 0 Å². The quantitative estimate of drug-likeness (QED) is 0.832. The first-order valence-corrected chi connectivity index (χ1v) is 7.87. The van der Waals surface area contributed by atoms with E-state index >= 15 is 0 Å². The molecule has 1 aliphatic rings. The van der Waals surface area contributed by atoms with Crippen LogP contribution in [-0.2, 0) is 13.1 Å². The molecule has 1 atom stereocenters. The van der Waals surface area contributed by atoms with Gasteiger partial charge < -0.3 is 5.11 Å². The molecule has 3 rings (SSSR count). The number of hydrogen-bond acceptors (Lipinski definition) is 2. The third-order valence-corrected chi connectivity index (χ3v) is 4.76. The minimum Gasteiger partial charge on any atom is -0.508 e. The number of halogens is 1. The Hall–Kier alpha value is -1.58. The smallest absolute Gasteiger partial charge is 0.119 e. The Kier molecular flexibility index (Phi) is 4.13. The molecule has 1 N–H and O–H groups in total. The van der Waals surface area contributed by atoms with Crippen molar-refractivity contribution in [1.82, 2.24) is 4.90 Å². The largest absolute Gasteiger partial charge is 0.508 e. The summed E-state index contributed by atoms with van der Waals surface area (Å²) >= 11 is 3.61. The van der Waals surface area contributed by atoms with Crippen molar-refractivity contribution < 1.29 is 5.11 Å². The highest BCUT2D eigenvalue weighted by Crippen LogP contribution is 2.39. The number of hydrogen-bond donors (Lipinski definition) is 1. The zero-order valence-corrected chi connectivity index (χ0v) is 13.4. The second kappa shape index (κ2) is 6.04. The van der Waals surface area contributed by atoms with Crippen LogP contribution >= 0.6 is 15.9 Å². The van der Waals surface area contributed by atoms with E-state index in [2.05, 4.69) is 51.7 Å². The van der Waals surface area contributed by atoms with Crippen LogP contribution in [0.25, 0.3) is 0 Å². The van der Waals surface area contributed by atoms with Gasteiger partial charge in [-0.05, 0) is 23.3 Å². The number of benzene rings is 2. The maximum Gasteiger partial charge on any atom is 0.119 e. The number of phenols is 1. The summed E-state index contributed by atoms with van der Waals surface area (Å²) in [6.07, 6.45) is 1.93. The maximum atomic E-state index is 10.2. The van der Waals surface area contributed by atoms with Gasteiger partial charge in [-0.3, -0.25) is 4.90 Å². The first-order chi connectivity index (χ1) is 10.2. The molecule has 0 radical (unpaired) electrons. The molecule has 108 valence electrons. The Labute approximate surface area is 133 Å². The number of phenolic OH excluding ortho intramolecular Hbond substituents is 1. The molecule has 2 aromatic rings. The van der Waals surface area contributed by atoms with E-state index in [1.165, 1.54) is 11.1 Å². The molecule has 21 heavy (non-hydrogen) atoms. The molecule has 0 fully saturated rings. The second-order valence-electron chi connectivity index (χ2n) is 5.46. The molecule has 0 aliphatic carbocycles. The Morgan fingerprint density at radius 1 is 1.24 bits per heavy atom. The lowest BCUT2D eigenvalue weighted by Gasteiger charge is -2.34. The average molecular weight is 344 g/mol. The van der Waals surface area contributed by atoms with Crippen LogP contribution < -0.4 is 0 Å². The van der Waals surface area contributed by atoms with Crippen molar-refractivity contribution in [2.45, 2.75) is 19.0 Å². The number of aromatic hydroxyl groups is 1. The van der Waals surface area contributed by atoms with Gasteiger partial charge in [-0.15, -0.1) is 6.58 Å². The van der Waals surface area contributed by atoms with Crippen molar-refractivity contribution in [3.05, 3.63) is 76.3 Å². The standard InChI is InChI=1S/C18H18BrNO/c1-2-14-11-20(10-13-6-4-3-5-7-13)12-15-16(19)8-9-17(21)18(14)15/h2-9,14,21H,1,10-12H2/t14-/m0/s1. The van der Waals surface area contributed by atoms with E-state index in [1.807, 2.05) is 18.2 Å². The highest BCUT2D eigenvalue weighted by Gasteiger charge is 2.27. The van der Waals surface area contributed by atoms with Crippen molar-refractivity contribution in [1.29, 1.82) is 0 Å².